The van der Waals surface area contributed by atoms with Crippen molar-refractivity contribution in [3.05, 3.63) is 35.4 Å². The van der Waals surface area contributed by atoms with Gasteiger partial charge in [0.1, 0.15) is 0 Å². The van der Waals surface area contributed by atoms with Gasteiger partial charge >= 0.3 is 0 Å². The van der Waals surface area contributed by atoms with E-state index in [1.54, 1.807) is 0 Å². The molecule has 2 aliphatic heterocycles. The first-order chi connectivity index (χ1) is 7.86. The van der Waals surface area contributed by atoms with E-state index in [0.29, 0.717) is 0 Å². The maximum Gasteiger partial charge on any atom is 0.0991 e. The van der Waals surface area contributed by atoms with Gasteiger partial charge in [0.15, 0.2) is 0 Å². The molecule has 1 aromatic carbocycles. The molecule has 0 saturated carbocycles. The van der Waals surface area contributed by atoms with Gasteiger partial charge in [0, 0.05) is 18.6 Å². The second-order valence-electron chi connectivity index (χ2n) is 4.94. The molecule has 2 aliphatic rings. The van der Waals surface area contributed by atoms with Crippen molar-refractivity contribution in [3.8, 4) is 6.07 Å². The third-order valence-electron chi connectivity index (χ3n) is 4.05. The number of hydrogen-bond donors (Lipinski definition) is 0. The van der Waals surface area contributed by atoms with Crippen LogP contribution < -0.4 is 0 Å². The highest BCUT2D eigenvalue weighted by molar-refractivity contribution is 5.85. The topological polar surface area (TPSA) is 27.0 Å². The maximum absolute atomic E-state index is 8.75. The van der Waals surface area contributed by atoms with Crippen LogP contribution in [0.15, 0.2) is 24.3 Å². The highest BCUT2D eigenvalue weighted by Crippen LogP contribution is 2.38. The molecule has 0 unspecified atom stereocenters. The molecule has 0 radical (unpaired) electrons. The van der Waals surface area contributed by atoms with Crippen molar-refractivity contribution in [2.24, 2.45) is 0 Å². The Hall–Kier alpha value is -1.04. The first kappa shape index (κ1) is 12.4. The van der Waals surface area contributed by atoms with E-state index < -0.39 is 0 Å². The number of nitrogens with zero attached hydrogens (tertiary/aromatic N) is 2. The lowest BCUT2D eigenvalue weighted by atomic mass is 10.0. The third-order valence-corrected chi connectivity index (χ3v) is 4.05. The van der Waals surface area contributed by atoms with Gasteiger partial charge in [0.2, 0.25) is 0 Å². The molecule has 2 nitrogen and oxygen atoms in total. The van der Waals surface area contributed by atoms with Gasteiger partial charge in [-0.3, -0.25) is 4.90 Å². The fraction of sp³-hybridized carbons (Fsp3) is 0.500. The van der Waals surface area contributed by atoms with Crippen molar-refractivity contribution in [1.29, 1.82) is 5.26 Å². The zero-order valence-corrected chi connectivity index (χ0v) is 10.6. The number of hydrogen-bond acceptors (Lipinski definition) is 2. The minimum Gasteiger partial charge on any atom is -0.293 e. The summed E-state index contributed by atoms with van der Waals surface area (Å²) in [5, 5.41) is 8.75. The van der Waals surface area contributed by atoms with Crippen molar-refractivity contribution in [1.82, 2.24) is 4.90 Å². The molecule has 2 fully saturated rings. The molecule has 1 aromatic rings. The highest BCUT2D eigenvalue weighted by Gasteiger charge is 2.38. The molecule has 0 spiro atoms. The lowest BCUT2D eigenvalue weighted by Gasteiger charge is -2.21. The van der Waals surface area contributed by atoms with Crippen LogP contribution >= 0.6 is 12.4 Å². The van der Waals surface area contributed by atoms with Gasteiger partial charge in [-0.2, -0.15) is 5.26 Å². The number of fused-ring (bicyclic) bond motifs is 2. The van der Waals surface area contributed by atoms with Gasteiger partial charge in [-0.05, 0) is 43.4 Å². The van der Waals surface area contributed by atoms with E-state index in [9.17, 15) is 0 Å². The van der Waals surface area contributed by atoms with E-state index in [-0.39, 0.29) is 12.4 Å². The number of benzene rings is 1. The van der Waals surface area contributed by atoms with Gasteiger partial charge in [-0.1, -0.05) is 12.1 Å². The maximum atomic E-state index is 8.75. The number of halogens is 1. The van der Waals surface area contributed by atoms with Crippen LogP contribution in [-0.2, 0) is 6.54 Å². The van der Waals surface area contributed by atoms with Crippen LogP contribution in [0, 0.1) is 11.3 Å². The molecule has 90 valence electrons. The van der Waals surface area contributed by atoms with Crippen molar-refractivity contribution in [2.75, 3.05) is 0 Å². The third kappa shape index (κ3) is 2.31. The zero-order valence-electron chi connectivity index (χ0n) is 9.80. The molecule has 0 aromatic heterocycles. The van der Waals surface area contributed by atoms with Crippen LogP contribution in [-0.4, -0.2) is 17.0 Å². The first-order valence-electron chi connectivity index (χ1n) is 6.11. The summed E-state index contributed by atoms with van der Waals surface area (Å²) in [5.74, 6) is 0. The van der Waals surface area contributed by atoms with Crippen molar-refractivity contribution >= 4 is 12.4 Å². The summed E-state index contributed by atoms with van der Waals surface area (Å²) >= 11 is 0. The molecule has 2 saturated heterocycles. The van der Waals surface area contributed by atoms with Gasteiger partial charge < -0.3 is 0 Å². The van der Waals surface area contributed by atoms with Crippen molar-refractivity contribution < 1.29 is 0 Å². The smallest absolute Gasteiger partial charge is 0.0991 e. The molecular formula is C14H17ClN2. The summed E-state index contributed by atoms with van der Waals surface area (Å²) in [6, 6.07) is 11.9. The average molecular weight is 249 g/mol. The lowest BCUT2D eigenvalue weighted by Crippen LogP contribution is -2.27. The second-order valence-corrected chi connectivity index (χ2v) is 4.94. The number of nitriles is 1. The van der Waals surface area contributed by atoms with Crippen LogP contribution in [0.4, 0.5) is 0 Å². The Labute approximate surface area is 109 Å². The monoisotopic (exact) mass is 248 g/mol. The summed E-state index contributed by atoms with van der Waals surface area (Å²) in [7, 11) is 0. The molecule has 3 heteroatoms. The molecule has 3 rings (SSSR count). The summed E-state index contributed by atoms with van der Waals surface area (Å²) in [6.45, 7) is 1.07. The fourth-order valence-electron chi connectivity index (χ4n) is 3.17. The predicted molar refractivity (Wildman–Crippen MR) is 70.0 cm³/mol. The summed E-state index contributed by atoms with van der Waals surface area (Å²) in [6.07, 6.45) is 5.56. The van der Waals surface area contributed by atoms with Crippen LogP contribution in [0.3, 0.4) is 0 Å². The largest absolute Gasteiger partial charge is 0.293 e. The SMILES string of the molecule is Cl.N#Cc1ccc(CN2C3CCC2CC3)cc1. The molecule has 0 N–H and O–H groups in total. The van der Waals surface area contributed by atoms with Crippen molar-refractivity contribution in [2.45, 2.75) is 44.3 Å². The van der Waals surface area contributed by atoms with Crippen molar-refractivity contribution in [3.63, 3.8) is 0 Å². The lowest BCUT2D eigenvalue weighted by molar-refractivity contribution is 0.244. The van der Waals surface area contributed by atoms with Gasteiger partial charge in [0.05, 0.1) is 11.6 Å². The quantitative estimate of drug-likeness (QED) is 0.804. The van der Waals surface area contributed by atoms with Gasteiger partial charge in [-0.15, -0.1) is 12.4 Å². The van der Waals surface area contributed by atoms with Crippen LogP contribution in [0.5, 0.6) is 0 Å². The standard InChI is InChI=1S/C14H16N2.ClH/c15-9-11-1-3-12(4-2-11)10-16-13-5-6-14(16)8-7-13;/h1-4,13-14H,5-8,10H2;1H. The van der Waals surface area contributed by atoms with Gasteiger partial charge in [0.25, 0.3) is 0 Å². The number of rotatable bonds is 2. The van der Waals surface area contributed by atoms with E-state index in [2.05, 4.69) is 23.1 Å². The molecule has 0 amide bonds. The molecule has 0 aliphatic carbocycles. The fourth-order valence-corrected chi connectivity index (χ4v) is 3.17. The van der Waals surface area contributed by atoms with Crippen LogP contribution in [0.25, 0.3) is 0 Å². The summed E-state index contributed by atoms with van der Waals surface area (Å²) in [4.78, 5) is 2.65. The summed E-state index contributed by atoms with van der Waals surface area (Å²) < 4.78 is 0. The molecule has 17 heavy (non-hydrogen) atoms. The normalized spacial score (nSPS) is 26.5. The van der Waals surface area contributed by atoms with Gasteiger partial charge in [-0.25, -0.2) is 0 Å². The Morgan fingerprint density at radius 3 is 2.06 bits per heavy atom. The van der Waals surface area contributed by atoms with E-state index >= 15 is 0 Å². The Morgan fingerprint density at radius 1 is 1.06 bits per heavy atom. The van der Waals surface area contributed by atoms with E-state index in [1.165, 1.54) is 31.2 Å². The molecule has 2 heterocycles. The van der Waals surface area contributed by atoms with E-state index in [1.807, 2.05) is 12.1 Å². The molecule has 0 atom stereocenters. The van der Waals surface area contributed by atoms with E-state index in [0.717, 1.165) is 24.2 Å². The highest BCUT2D eigenvalue weighted by atomic mass is 35.5. The molecular weight excluding hydrogens is 232 g/mol. The summed E-state index contributed by atoms with van der Waals surface area (Å²) in [5.41, 5.74) is 2.10. The predicted octanol–water partition coefficient (Wildman–Crippen LogP) is 3.11. The molecule has 2 bridgehead atoms. The Bertz CT molecular complexity index is 401. The Balaban J connectivity index is 0.00000108. The van der Waals surface area contributed by atoms with E-state index in [4.69, 9.17) is 5.26 Å². The minimum atomic E-state index is 0. The Morgan fingerprint density at radius 2 is 1.59 bits per heavy atom. The van der Waals surface area contributed by atoms with Crippen LogP contribution in [0.1, 0.15) is 36.8 Å². The average Bonchev–Trinajstić information content (AvgIpc) is 2.90. The zero-order chi connectivity index (χ0) is 11.0. The Kier molecular flexibility index (Phi) is 3.71. The minimum absolute atomic E-state index is 0. The second kappa shape index (κ2) is 5.08. The van der Waals surface area contributed by atoms with Crippen LogP contribution in [0.2, 0.25) is 0 Å². The first-order valence-corrected chi connectivity index (χ1v) is 6.11.